The molecule has 7 nitrogen and oxygen atoms in total. The summed E-state index contributed by atoms with van der Waals surface area (Å²) in [5.74, 6) is 0. The van der Waals surface area contributed by atoms with Gasteiger partial charge in [-0.2, -0.15) is 0 Å². The van der Waals surface area contributed by atoms with Crippen molar-refractivity contribution in [2.75, 3.05) is 0 Å². The third-order valence-electron chi connectivity index (χ3n) is 3.97. The Labute approximate surface area is 158 Å². The topological polar surface area (TPSA) is 82.0 Å². The average molecular weight is 378 g/mol. The summed E-state index contributed by atoms with van der Waals surface area (Å²) in [6, 6.07) is 16.1. The van der Waals surface area contributed by atoms with E-state index >= 15 is 0 Å². The van der Waals surface area contributed by atoms with E-state index in [4.69, 9.17) is 4.84 Å². The highest BCUT2D eigenvalue weighted by Gasteiger charge is 2.13. The van der Waals surface area contributed by atoms with Gasteiger partial charge < -0.3 is 4.84 Å². The lowest BCUT2D eigenvalue weighted by atomic mass is 10.1. The molecule has 2 heterocycles. The zero-order chi connectivity index (χ0) is 18.6. The van der Waals surface area contributed by atoms with E-state index in [0.717, 1.165) is 27.5 Å². The van der Waals surface area contributed by atoms with Crippen LogP contribution in [-0.4, -0.2) is 20.5 Å². The minimum absolute atomic E-state index is 0.0499. The van der Waals surface area contributed by atoms with Crippen LogP contribution >= 0.6 is 11.3 Å². The third-order valence-corrected chi connectivity index (χ3v) is 4.73. The zero-order valence-electron chi connectivity index (χ0n) is 14.1. The number of nitro groups is 1. The number of fused-ring (bicyclic) bond motifs is 1. The number of oxime groups is 1. The van der Waals surface area contributed by atoms with Gasteiger partial charge in [-0.3, -0.25) is 14.5 Å². The highest BCUT2D eigenvalue weighted by molar-refractivity contribution is 7.15. The van der Waals surface area contributed by atoms with Crippen molar-refractivity contribution in [2.24, 2.45) is 5.16 Å². The number of nitro benzene ring substituents is 1. The molecule has 134 valence electrons. The maximum Gasteiger partial charge on any atom is 0.269 e. The van der Waals surface area contributed by atoms with Crippen LogP contribution in [-0.2, 0) is 11.4 Å². The number of non-ortho nitro benzene ring substituents is 1. The Kier molecular flexibility index (Phi) is 4.63. The van der Waals surface area contributed by atoms with Crippen molar-refractivity contribution >= 4 is 28.2 Å². The summed E-state index contributed by atoms with van der Waals surface area (Å²) in [7, 11) is 0. The summed E-state index contributed by atoms with van der Waals surface area (Å²) >= 11 is 1.55. The summed E-state index contributed by atoms with van der Waals surface area (Å²) in [5, 5.41) is 16.7. The van der Waals surface area contributed by atoms with Crippen molar-refractivity contribution in [2.45, 2.75) is 6.61 Å². The van der Waals surface area contributed by atoms with Crippen LogP contribution in [0.25, 0.3) is 16.2 Å². The van der Waals surface area contributed by atoms with Crippen LogP contribution in [0, 0.1) is 10.1 Å². The van der Waals surface area contributed by atoms with Crippen LogP contribution in [0.4, 0.5) is 5.69 Å². The molecule has 27 heavy (non-hydrogen) atoms. The third kappa shape index (κ3) is 3.56. The van der Waals surface area contributed by atoms with Crippen LogP contribution in [0.2, 0.25) is 0 Å². The molecule has 0 unspecified atom stereocenters. The molecule has 0 N–H and O–H groups in total. The minimum Gasteiger partial charge on any atom is -0.391 e. The molecular weight excluding hydrogens is 364 g/mol. The lowest BCUT2D eigenvalue weighted by Gasteiger charge is -2.01. The lowest BCUT2D eigenvalue weighted by Crippen LogP contribution is -1.94. The van der Waals surface area contributed by atoms with Crippen molar-refractivity contribution in [1.82, 2.24) is 9.38 Å². The lowest BCUT2D eigenvalue weighted by molar-refractivity contribution is -0.384. The molecule has 0 saturated heterocycles. The summed E-state index contributed by atoms with van der Waals surface area (Å²) in [4.78, 5) is 21.2. The van der Waals surface area contributed by atoms with E-state index < -0.39 is 4.92 Å². The van der Waals surface area contributed by atoms with Gasteiger partial charge in [0.1, 0.15) is 6.61 Å². The van der Waals surface area contributed by atoms with Crippen molar-refractivity contribution in [1.29, 1.82) is 0 Å². The molecule has 0 radical (unpaired) electrons. The van der Waals surface area contributed by atoms with Gasteiger partial charge >= 0.3 is 0 Å². The molecule has 0 aliphatic rings. The van der Waals surface area contributed by atoms with E-state index in [1.807, 2.05) is 46.3 Å². The predicted octanol–water partition coefficient (Wildman–Crippen LogP) is 4.52. The number of hydrogen-bond donors (Lipinski definition) is 0. The fourth-order valence-electron chi connectivity index (χ4n) is 2.65. The van der Waals surface area contributed by atoms with Crippen LogP contribution in [0.5, 0.6) is 0 Å². The second-order valence-corrected chi connectivity index (χ2v) is 6.57. The zero-order valence-corrected chi connectivity index (χ0v) is 14.9. The molecule has 8 heteroatoms. The number of aromatic nitrogens is 2. The van der Waals surface area contributed by atoms with Crippen LogP contribution in [0.3, 0.4) is 0 Å². The Hall–Kier alpha value is -3.52. The number of rotatable bonds is 6. The molecular formula is C19H14N4O3S. The normalized spacial score (nSPS) is 11.3. The Morgan fingerprint density at radius 3 is 2.70 bits per heavy atom. The second-order valence-electron chi connectivity index (χ2n) is 5.70. The van der Waals surface area contributed by atoms with Crippen molar-refractivity contribution in [3.05, 3.63) is 87.5 Å². The van der Waals surface area contributed by atoms with Gasteiger partial charge in [-0.05, 0) is 17.7 Å². The van der Waals surface area contributed by atoms with Gasteiger partial charge in [0.25, 0.3) is 5.69 Å². The van der Waals surface area contributed by atoms with Gasteiger partial charge in [0, 0.05) is 29.3 Å². The number of nitrogens with zero attached hydrogens (tertiary/aromatic N) is 4. The first-order valence-electron chi connectivity index (χ1n) is 8.12. The number of imidazole rings is 1. The molecule has 4 rings (SSSR count). The SMILES string of the molecule is O=[N+]([O-])c1ccc(CO/N=C/c2c(-c3ccccc3)nc3sccn23)cc1. The monoisotopic (exact) mass is 378 g/mol. The first-order valence-corrected chi connectivity index (χ1v) is 9.00. The fraction of sp³-hybridized carbons (Fsp3) is 0.0526. The van der Waals surface area contributed by atoms with E-state index in [2.05, 4.69) is 10.1 Å². The number of hydrogen-bond acceptors (Lipinski definition) is 6. The predicted molar refractivity (Wildman–Crippen MR) is 104 cm³/mol. The van der Waals surface area contributed by atoms with E-state index in [9.17, 15) is 10.1 Å². The summed E-state index contributed by atoms with van der Waals surface area (Å²) in [6.07, 6.45) is 3.58. The van der Waals surface area contributed by atoms with Crippen molar-refractivity contribution < 1.29 is 9.76 Å². The Balaban J connectivity index is 1.52. The van der Waals surface area contributed by atoms with E-state index in [-0.39, 0.29) is 12.3 Å². The maximum absolute atomic E-state index is 10.7. The van der Waals surface area contributed by atoms with E-state index in [1.54, 1.807) is 29.7 Å². The standard InChI is InChI=1S/C19H14N4O3S/c24-23(25)16-8-6-14(7-9-16)13-26-20-12-17-18(15-4-2-1-3-5-15)21-19-22(17)10-11-27-19/h1-12H,13H2/b20-12+. The molecule has 2 aromatic carbocycles. The highest BCUT2D eigenvalue weighted by atomic mass is 32.1. The fourth-order valence-corrected chi connectivity index (χ4v) is 3.37. The van der Waals surface area contributed by atoms with E-state index in [0.29, 0.717) is 0 Å². The second kappa shape index (κ2) is 7.38. The Bertz CT molecular complexity index is 1100. The molecule has 0 atom stereocenters. The van der Waals surface area contributed by atoms with Gasteiger partial charge in [0.05, 0.1) is 22.5 Å². The quantitative estimate of drug-likeness (QED) is 0.281. The van der Waals surface area contributed by atoms with E-state index in [1.165, 1.54) is 12.1 Å². The van der Waals surface area contributed by atoms with Crippen molar-refractivity contribution in [3.63, 3.8) is 0 Å². The molecule has 2 aromatic heterocycles. The maximum atomic E-state index is 10.7. The molecule has 0 bridgehead atoms. The molecule has 0 aliphatic carbocycles. The van der Waals surface area contributed by atoms with Gasteiger partial charge in [-0.1, -0.05) is 35.5 Å². The van der Waals surface area contributed by atoms with Crippen LogP contribution in [0.1, 0.15) is 11.3 Å². The first kappa shape index (κ1) is 16.9. The average Bonchev–Trinajstić information content (AvgIpc) is 3.28. The smallest absolute Gasteiger partial charge is 0.269 e. The molecule has 0 fully saturated rings. The van der Waals surface area contributed by atoms with Gasteiger partial charge in [0.2, 0.25) is 0 Å². The number of thiazole rings is 1. The minimum atomic E-state index is -0.431. The largest absolute Gasteiger partial charge is 0.391 e. The summed E-state index contributed by atoms with van der Waals surface area (Å²) < 4.78 is 1.96. The summed E-state index contributed by atoms with van der Waals surface area (Å²) in [5.41, 5.74) is 3.53. The molecule has 0 amide bonds. The Morgan fingerprint density at radius 2 is 1.96 bits per heavy atom. The molecule has 0 spiro atoms. The van der Waals surface area contributed by atoms with Gasteiger partial charge in [-0.15, -0.1) is 11.3 Å². The van der Waals surface area contributed by atoms with Gasteiger partial charge in [-0.25, -0.2) is 4.98 Å². The van der Waals surface area contributed by atoms with Crippen molar-refractivity contribution in [3.8, 4) is 11.3 Å². The number of benzene rings is 2. The molecule has 0 aliphatic heterocycles. The van der Waals surface area contributed by atoms with Crippen LogP contribution < -0.4 is 0 Å². The molecule has 0 saturated carbocycles. The summed E-state index contributed by atoms with van der Waals surface area (Å²) in [6.45, 7) is 0.223. The highest BCUT2D eigenvalue weighted by Crippen LogP contribution is 2.25. The first-order chi connectivity index (χ1) is 13.2. The molecule has 4 aromatic rings. The van der Waals surface area contributed by atoms with Gasteiger partial charge in [0.15, 0.2) is 4.96 Å². The Morgan fingerprint density at radius 1 is 1.19 bits per heavy atom. The van der Waals surface area contributed by atoms with Crippen LogP contribution in [0.15, 0.2) is 71.3 Å².